The molecule has 0 aromatic heterocycles. The second-order valence-electron chi connectivity index (χ2n) is 7.05. The van der Waals surface area contributed by atoms with Crippen molar-refractivity contribution < 1.29 is 14.3 Å². The van der Waals surface area contributed by atoms with Gasteiger partial charge in [0.2, 0.25) is 11.8 Å². The zero-order valence-electron chi connectivity index (χ0n) is 15.8. The van der Waals surface area contributed by atoms with Crippen LogP contribution in [0.3, 0.4) is 0 Å². The summed E-state index contributed by atoms with van der Waals surface area (Å²) in [7, 11) is 1.64. The van der Waals surface area contributed by atoms with Gasteiger partial charge in [-0.25, -0.2) is 0 Å². The molecule has 2 amide bonds. The van der Waals surface area contributed by atoms with Crippen molar-refractivity contribution in [2.75, 3.05) is 17.7 Å². The van der Waals surface area contributed by atoms with Crippen LogP contribution in [0, 0.1) is 5.92 Å². The molecule has 142 valence electrons. The predicted molar refractivity (Wildman–Crippen MR) is 107 cm³/mol. The molecule has 1 atom stereocenters. The van der Waals surface area contributed by atoms with Crippen LogP contribution < -0.4 is 15.4 Å². The van der Waals surface area contributed by atoms with Crippen molar-refractivity contribution in [1.82, 2.24) is 0 Å². The fourth-order valence-electron chi connectivity index (χ4n) is 3.84. The summed E-state index contributed by atoms with van der Waals surface area (Å²) in [5.41, 5.74) is 2.36. The van der Waals surface area contributed by atoms with E-state index in [-0.39, 0.29) is 17.7 Å². The fourth-order valence-corrected chi connectivity index (χ4v) is 3.84. The largest absolute Gasteiger partial charge is 0.497 e. The van der Waals surface area contributed by atoms with Gasteiger partial charge < -0.3 is 15.4 Å². The standard InChI is InChI=1S/C22H26N2O3/c1-15(25)23-18-8-5-9-19(14-18)24-22(26)21(16-6-3-4-7-16)17-10-12-20(27-2)13-11-17/h5,8-14,16,21H,3-4,6-7H2,1-2H3,(H,23,25)(H,24,26). The maximum Gasteiger partial charge on any atom is 0.232 e. The Kier molecular flexibility index (Phi) is 6.12. The van der Waals surface area contributed by atoms with Crippen LogP contribution in [0.15, 0.2) is 48.5 Å². The lowest BCUT2D eigenvalue weighted by molar-refractivity contribution is -0.118. The quantitative estimate of drug-likeness (QED) is 0.787. The molecule has 0 bridgehead atoms. The van der Waals surface area contributed by atoms with Gasteiger partial charge in [0.05, 0.1) is 13.0 Å². The number of hydrogen-bond donors (Lipinski definition) is 2. The highest BCUT2D eigenvalue weighted by molar-refractivity contribution is 5.97. The molecule has 27 heavy (non-hydrogen) atoms. The van der Waals surface area contributed by atoms with Crippen LogP contribution in [-0.2, 0) is 9.59 Å². The third-order valence-corrected chi connectivity index (χ3v) is 5.08. The number of anilines is 2. The van der Waals surface area contributed by atoms with E-state index in [1.165, 1.54) is 19.8 Å². The highest BCUT2D eigenvalue weighted by Crippen LogP contribution is 2.38. The van der Waals surface area contributed by atoms with Crippen LogP contribution >= 0.6 is 0 Å². The van der Waals surface area contributed by atoms with Crippen molar-refractivity contribution in [2.45, 2.75) is 38.5 Å². The van der Waals surface area contributed by atoms with Crippen LogP contribution in [0.4, 0.5) is 11.4 Å². The van der Waals surface area contributed by atoms with Crippen molar-refractivity contribution in [1.29, 1.82) is 0 Å². The summed E-state index contributed by atoms with van der Waals surface area (Å²) in [6.45, 7) is 1.46. The van der Waals surface area contributed by atoms with Crippen LogP contribution in [0.25, 0.3) is 0 Å². The lowest BCUT2D eigenvalue weighted by atomic mass is 9.84. The molecule has 0 saturated heterocycles. The van der Waals surface area contributed by atoms with E-state index < -0.39 is 0 Å². The van der Waals surface area contributed by atoms with Crippen LogP contribution in [0.2, 0.25) is 0 Å². The fraction of sp³-hybridized carbons (Fsp3) is 0.364. The van der Waals surface area contributed by atoms with Crippen molar-refractivity contribution in [3.8, 4) is 5.75 Å². The monoisotopic (exact) mass is 366 g/mol. The molecule has 3 rings (SSSR count). The van der Waals surface area contributed by atoms with E-state index in [4.69, 9.17) is 4.74 Å². The van der Waals surface area contributed by atoms with Gasteiger partial charge in [-0.3, -0.25) is 9.59 Å². The summed E-state index contributed by atoms with van der Waals surface area (Å²) >= 11 is 0. The van der Waals surface area contributed by atoms with Gasteiger partial charge in [0.1, 0.15) is 5.75 Å². The molecule has 0 aliphatic heterocycles. The molecule has 2 N–H and O–H groups in total. The van der Waals surface area contributed by atoms with E-state index in [1.54, 1.807) is 19.2 Å². The Balaban J connectivity index is 1.81. The Bertz CT molecular complexity index is 795. The summed E-state index contributed by atoms with van der Waals surface area (Å²) in [5.74, 6) is 0.791. The van der Waals surface area contributed by atoms with Gasteiger partial charge >= 0.3 is 0 Å². The highest BCUT2D eigenvalue weighted by atomic mass is 16.5. The lowest BCUT2D eigenvalue weighted by Gasteiger charge is -2.23. The molecule has 5 heteroatoms. The van der Waals surface area contributed by atoms with Gasteiger partial charge in [0, 0.05) is 18.3 Å². The number of methoxy groups -OCH3 is 1. The first-order valence-corrected chi connectivity index (χ1v) is 9.39. The molecule has 1 unspecified atom stereocenters. The van der Waals surface area contributed by atoms with Gasteiger partial charge in [-0.15, -0.1) is 0 Å². The SMILES string of the molecule is COc1ccc(C(C(=O)Nc2cccc(NC(C)=O)c2)C2CCCC2)cc1. The van der Waals surface area contributed by atoms with Gasteiger partial charge in [-0.1, -0.05) is 31.0 Å². The molecular weight excluding hydrogens is 340 g/mol. The van der Waals surface area contributed by atoms with Gasteiger partial charge in [0.25, 0.3) is 0 Å². The zero-order chi connectivity index (χ0) is 19.2. The Hall–Kier alpha value is -2.82. The molecule has 0 radical (unpaired) electrons. The maximum atomic E-state index is 13.2. The predicted octanol–water partition coefficient (Wildman–Crippen LogP) is 4.57. The van der Waals surface area contributed by atoms with Crippen molar-refractivity contribution in [2.24, 2.45) is 5.92 Å². The van der Waals surface area contributed by atoms with E-state index in [9.17, 15) is 9.59 Å². The van der Waals surface area contributed by atoms with E-state index in [0.717, 1.165) is 24.2 Å². The number of ether oxygens (including phenoxy) is 1. The van der Waals surface area contributed by atoms with Crippen molar-refractivity contribution in [3.05, 3.63) is 54.1 Å². The molecule has 5 nitrogen and oxygen atoms in total. The molecule has 1 aliphatic rings. The first-order chi connectivity index (χ1) is 13.1. The second-order valence-corrected chi connectivity index (χ2v) is 7.05. The average molecular weight is 366 g/mol. The van der Waals surface area contributed by atoms with Crippen LogP contribution in [0.5, 0.6) is 5.75 Å². The molecular formula is C22H26N2O3. The maximum absolute atomic E-state index is 13.2. The summed E-state index contributed by atoms with van der Waals surface area (Å²) in [4.78, 5) is 24.4. The first kappa shape index (κ1) is 19.0. The molecule has 2 aromatic carbocycles. The molecule has 1 fully saturated rings. The van der Waals surface area contributed by atoms with Gasteiger partial charge in [-0.2, -0.15) is 0 Å². The molecule has 0 heterocycles. The topological polar surface area (TPSA) is 67.4 Å². The summed E-state index contributed by atoms with van der Waals surface area (Å²) < 4.78 is 5.24. The lowest BCUT2D eigenvalue weighted by Crippen LogP contribution is -2.26. The van der Waals surface area contributed by atoms with Crippen molar-refractivity contribution in [3.63, 3.8) is 0 Å². The van der Waals surface area contributed by atoms with Crippen molar-refractivity contribution >= 4 is 23.2 Å². The third-order valence-electron chi connectivity index (χ3n) is 5.08. The highest BCUT2D eigenvalue weighted by Gasteiger charge is 2.32. The normalized spacial score (nSPS) is 15.2. The number of carbonyl (C=O) groups is 2. The average Bonchev–Trinajstić information content (AvgIpc) is 3.16. The first-order valence-electron chi connectivity index (χ1n) is 9.39. The minimum atomic E-state index is -0.192. The number of benzene rings is 2. The smallest absolute Gasteiger partial charge is 0.232 e. The Morgan fingerprint density at radius 2 is 1.63 bits per heavy atom. The van der Waals surface area contributed by atoms with Crippen LogP contribution in [-0.4, -0.2) is 18.9 Å². The van der Waals surface area contributed by atoms with Crippen LogP contribution in [0.1, 0.15) is 44.1 Å². The summed E-state index contributed by atoms with van der Waals surface area (Å²) in [6, 6.07) is 15.0. The van der Waals surface area contributed by atoms with Gasteiger partial charge in [-0.05, 0) is 54.7 Å². The Morgan fingerprint density at radius 1 is 1.00 bits per heavy atom. The molecule has 2 aromatic rings. The van der Waals surface area contributed by atoms with E-state index in [1.807, 2.05) is 36.4 Å². The number of nitrogens with one attached hydrogen (secondary N) is 2. The molecule has 1 aliphatic carbocycles. The summed E-state index contributed by atoms with van der Waals surface area (Å²) in [6.07, 6.45) is 4.47. The van der Waals surface area contributed by atoms with Gasteiger partial charge in [0.15, 0.2) is 0 Å². The summed E-state index contributed by atoms with van der Waals surface area (Å²) in [5, 5.41) is 5.78. The Morgan fingerprint density at radius 3 is 2.22 bits per heavy atom. The van der Waals surface area contributed by atoms with E-state index in [2.05, 4.69) is 10.6 Å². The third kappa shape index (κ3) is 4.88. The number of rotatable bonds is 6. The number of hydrogen-bond acceptors (Lipinski definition) is 3. The zero-order valence-corrected chi connectivity index (χ0v) is 15.8. The number of amides is 2. The molecule has 0 spiro atoms. The van der Waals surface area contributed by atoms with E-state index in [0.29, 0.717) is 17.3 Å². The number of carbonyl (C=O) groups excluding carboxylic acids is 2. The minimum Gasteiger partial charge on any atom is -0.497 e. The van der Waals surface area contributed by atoms with E-state index >= 15 is 0 Å². The molecule has 1 saturated carbocycles. The Labute approximate surface area is 160 Å². The minimum absolute atomic E-state index is 0.00737. The second kappa shape index (κ2) is 8.71.